The second kappa shape index (κ2) is 6.90. The number of aromatic hydroxyl groups is 1. The molecule has 0 radical (unpaired) electrons. The maximum atomic E-state index is 12.3. The second-order valence-electron chi connectivity index (χ2n) is 6.05. The summed E-state index contributed by atoms with van der Waals surface area (Å²) in [6.07, 6.45) is 8.45. The van der Waals surface area contributed by atoms with Gasteiger partial charge in [-0.2, -0.15) is 0 Å². The maximum Gasteiger partial charge on any atom is 0.318 e. The minimum Gasteiger partial charge on any atom is -0.508 e. The Kier molecular flexibility index (Phi) is 4.70. The predicted octanol–water partition coefficient (Wildman–Crippen LogP) is 3.89. The highest BCUT2D eigenvalue weighted by atomic mass is 16.5. The van der Waals surface area contributed by atoms with E-state index in [2.05, 4.69) is 6.92 Å². The lowest BCUT2D eigenvalue weighted by Crippen LogP contribution is -2.29. The van der Waals surface area contributed by atoms with E-state index in [9.17, 15) is 9.90 Å². The van der Waals surface area contributed by atoms with Gasteiger partial charge in [0, 0.05) is 12.5 Å². The van der Waals surface area contributed by atoms with Crippen LogP contribution in [0.2, 0.25) is 0 Å². The summed E-state index contributed by atoms with van der Waals surface area (Å²) in [5, 5.41) is 9.48. The van der Waals surface area contributed by atoms with Gasteiger partial charge in [0.15, 0.2) is 0 Å². The molecule has 0 spiro atoms. The minimum absolute atomic E-state index is 0.115. The number of phenolic OH excluding ortho intramolecular Hbond substituents is 1. The van der Waals surface area contributed by atoms with E-state index in [0.29, 0.717) is 12.2 Å². The zero-order chi connectivity index (χ0) is 16.2. The van der Waals surface area contributed by atoms with E-state index >= 15 is 0 Å². The number of hydrogen-bond acceptors (Lipinski definition) is 4. The molecule has 1 aliphatic heterocycles. The topological polar surface area (TPSA) is 55.8 Å². The summed E-state index contributed by atoms with van der Waals surface area (Å²) in [6, 6.07) is 4.95. The Morgan fingerprint density at radius 1 is 1.30 bits per heavy atom. The average Bonchev–Trinajstić information content (AvgIpc) is 2.55. The van der Waals surface area contributed by atoms with Crippen molar-refractivity contribution < 1.29 is 19.4 Å². The Labute approximate surface area is 136 Å². The van der Waals surface area contributed by atoms with Crippen molar-refractivity contribution in [2.75, 3.05) is 6.61 Å². The van der Waals surface area contributed by atoms with E-state index in [1.54, 1.807) is 6.07 Å². The summed E-state index contributed by atoms with van der Waals surface area (Å²) in [4.78, 5) is 12.3. The van der Waals surface area contributed by atoms with Crippen molar-refractivity contribution in [2.24, 2.45) is 5.92 Å². The Balaban J connectivity index is 1.70. The summed E-state index contributed by atoms with van der Waals surface area (Å²) in [5.41, 5.74) is 2.05. The van der Waals surface area contributed by atoms with Crippen molar-refractivity contribution in [3.8, 4) is 11.5 Å². The molecule has 23 heavy (non-hydrogen) atoms. The van der Waals surface area contributed by atoms with Crippen LogP contribution in [-0.4, -0.2) is 17.7 Å². The highest BCUT2D eigenvalue weighted by molar-refractivity contribution is 5.81. The summed E-state index contributed by atoms with van der Waals surface area (Å²) in [5.74, 6) is 1.11. The van der Waals surface area contributed by atoms with E-state index in [4.69, 9.17) is 9.47 Å². The van der Waals surface area contributed by atoms with Crippen LogP contribution in [0, 0.1) is 5.92 Å². The normalized spacial score (nSPS) is 20.2. The Morgan fingerprint density at radius 2 is 2.17 bits per heavy atom. The molecule has 4 nitrogen and oxygen atoms in total. The van der Waals surface area contributed by atoms with Gasteiger partial charge in [-0.3, -0.25) is 4.79 Å². The molecule has 1 atom stereocenters. The molecular formula is C19H22O4. The van der Waals surface area contributed by atoms with Gasteiger partial charge in [-0.15, -0.1) is 0 Å². The van der Waals surface area contributed by atoms with E-state index in [0.717, 1.165) is 49.2 Å². The highest BCUT2D eigenvalue weighted by Crippen LogP contribution is 2.36. The number of allylic oxidation sites excluding steroid dienone is 3. The number of fused-ring (bicyclic) bond motifs is 1. The molecular weight excluding hydrogens is 292 g/mol. The number of benzene rings is 1. The first-order valence-electron chi connectivity index (χ1n) is 8.23. The summed E-state index contributed by atoms with van der Waals surface area (Å²) >= 11 is 0. The fourth-order valence-corrected chi connectivity index (χ4v) is 2.96. The van der Waals surface area contributed by atoms with E-state index in [-0.39, 0.29) is 17.6 Å². The third-order valence-corrected chi connectivity index (χ3v) is 4.35. The maximum absolute atomic E-state index is 12.3. The van der Waals surface area contributed by atoms with Crippen LogP contribution in [-0.2, 0) is 16.0 Å². The van der Waals surface area contributed by atoms with Gasteiger partial charge in [-0.25, -0.2) is 0 Å². The molecule has 2 aliphatic rings. The number of carbonyl (C=O) groups excluding carboxylic acids is 1. The fraction of sp³-hybridized carbons (Fsp3) is 0.421. The van der Waals surface area contributed by atoms with Crippen LogP contribution in [0.5, 0.6) is 11.5 Å². The first kappa shape index (κ1) is 15.7. The van der Waals surface area contributed by atoms with Crippen molar-refractivity contribution in [1.29, 1.82) is 0 Å². The van der Waals surface area contributed by atoms with Gasteiger partial charge in [0.2, 0.25) is 0 Å². The lowest BCUT2D eigenvalue weighted by atomic mass is 9.85. The standard InChI is InChI=1S/C19H22O4/c1-2-3-10-22-16-8-5-13(6-9-16)17-11-14-4-7-15(20)12-18(14)23-19(17)21/h4-5,7-8,12,17,20H,2-3,6,9-11H2,1H3. The zero-order valence-corrected chi connectivity index (χ0v) is 13.4. The number of unbranched alkanes of at least 4 members (excludes halogenated alkanes) is 1. The van der Waals surface area contributed by atoms with Crippen molar-refractivity contribution >= 4 is 5.97 Å². The first-order valence-corrected chi connectivity index (χ1v) is 8.23. The molecule has 4 heteroatoms. The van der Waals surface area contributed by atoms with Crippen LogP contribution in [0.1, 0.15) is 38.2 Å². The summed E-state index contributed by atoms with van der Waals surface area (Å²) < 4.78 is 11.1. The van der Waals surface area contributed by atoms with Crippen LogP contribution < -0.4 is 4.74 Å². The van der Waals surface area contributed by atoms with Gasteiger partial charge in [0.05, 0.1) is 18.3 Å². The lowest BCUT2D eigenvalue weighted by Gasteiger charge is -2.27. The fourth-order valence-electron chi connectivity index (χ4n) is 2.96. The molecule has 0 saturated carbocycles. The highest BCUT2D eigenvalue weighted by Gasteiger charge is 2.32. The zero-order valence-electron chi connectivity index (χ0n) is 13.4. The van der Waals surface area contributed by atoms with Gasteiger partial charge in [0.25, 0.3) is 0 Å². The molecule has 1 unspecified atom stereocenters. The van der Waals surface area contributed by atoms with Crippen LogP contribution in [0.25, 0.3) is 0 Å². The Morgan fingerprint density at radius 3 is 2.91 bits per heavy atom. The SMILES string of the molecule is CCCCOC1=CC=C(C2Cc3ccc(O)cc3OC2=O)CC1. The second-order valence-corrected chi connectivity index (χ2v) is 6.05. The van der Waals surface area contributed by atoms with E-state index < -0.39 is 0 Å². The number of hydrogen-bond donors (Lipinski definition) is 1. The first-order chi connectivity index (χ1) is 11.2. The molecule has 0 aromatic heterocycles. The van der Waals surface area contributed by atoms with E-state index in [1.807, 2.05) is 18.2 Å². The Bertz CT molecular complexity index is 657. The van der Waals surface area contributed by atoms with Crippen molar-refractivity contribution in [3.63, 3.8) is 0 Å². The van der Waals surface area contributed by atoms with Crippen LogP contribution in [0.3, 0.4) is 0 Å². The van der Waals surface area contributed by atoms with Crippen molar-refractivity contribution in [3.05, 3.63) is 47.2 Å². The quantitative estimate of drug-likeness (QED) is 0.509. The molecule has 0 saturated heterocycles. The number of ether oxygens (including phenoxy) is 2. The molecule has 3 rings (SSSR count). The third kappa shape index (κ3) is 3.58. The van der Waals surface area contributed by atoms with Crippen LogP contribution >= 0.6 is 0 Å². The molecule has 122 valence electrons. The van der Waals surface area contributed by atoms with Crippen molar-refractivity contribution in [2.45, 2.75) is 39.0 Å². The smallest absolute Gasteiger partial charge is 0.318 e. The molecule has 1 N–H and O–H groups in total. The number of phenols is 1. The van der Waals surface area contributed by atoms with Gasteiger partial charge in [-0.05, 0) is 37.0 Å². The van der Waals surface area contributed by atoms with Gasteiger partial charge >= 0.3 is 5.97 Å². The lowest BCUT2D eigenvalue weighted by molar-refractivity contribution is -0.138. The number of rotatable bonds is 5. The van der Waals surface area contributed by atoms with Gasteiger partial charge < -0.3 is 14.6 Å². The molecule has 0 fully saturated rings. The number of carbonyl (C=O) groups is 1. The largest absolute Gasteiger partial charge is 0.508 e. The molecule has 1 aliphatic carbocycles. The molecule has 0 bridgehead atoms. The number of esters is 1. The summed E-state index contributed by atoms with van der Waals surface area (Å²) in [7, 11) is 0. The average molecular weight is 314 g/mol. The summed E-state index contributed by atoms with van der Waals surface area (Å²) in [6.45, 7) is 2.90. The van der Waals surface area contributed by atoms with Gasteiger partial charge in [-0.1, -0.05) is 31.1 Å². The van der Waals surface area contributed by atoms with Crippen molar-refractivity contribution in [1.82, 2.24) is 0 Å². The van der Waals surface area contributed by atoms with E-state index in [1.165, 1.54) is 6.07 Å². The molecule has 1 aromatic rings. The monoisotopic (exact) mass is 314 g/mol. The Hall–Kier alpha value is -2.23. The third-order valence-electron chi connectivity index (χ3n) is 4.35. The van der Waals surface area contributed by atoms with Gasteiger partial charge in [0.1, 0.15) is 11.5 Å². The molecule has 1 heterocycles. The molecule has 1 aromatic carbocycles. The predicted molar refractivity (Wildman–Crippen MR) is 87.2 cm³/mol. The van der Waals surface area contributed by atoms with Crippen LogP contribution in [0.15, 0.2) is 41.7 Å². The van der Waals surface area contributed by atoms with Crippen LogP contribution in [0.4, 0.5) is 0 Å². The molecule has 0 amide bonds. The minimum atomic E-state index is -0.238.